The standard InChI is InChI=1S/C13H19NO3/c1-9(2)10-4-3-5-11(6-10)13(17)14-12(7-15)8-16/h3-6,9,12,15-16H,7-8H2,1-2H3,(H,14,17). The summed E-state index contributed by atoms with van der Waals surface area (Å²) in [6, 6.07) is 6.73. The van der Waals surface area contributed by atoms with Crippen LogP contribution in [0.4, 0.5) is 0 Å². The Morgan fingerprint density at radius 1 is 1.29 bits per heavy atom. The molecule has 1 aromatic rings. The Hall–Kier alpha value is -1.39. The average molecular weight is 237 g/mol. The summed E-state index contributed by atoms with van der Waals surface area (Å²) in [5.41, 5.74) is 1.63. The maximum Gasteiger partial charge on any atom is 0.251 e. The average Bonchev–Trinajstić information content (AvgIpc) is 2.35. The van der Waals surface area contributed by atoms with Gasteiger partial charge in [-0.15, -0.1) is 0 Å². The summed E-state index contributed by atoms with van der Waals surface area (Å²) in [6.45, 7) is 3.57. The van der Waals surface area contributed by atoms with Crippen molar-refractivity contribution in [2.45, 2.75) is 25.8 Å². The van der Waals surface area contributed by atoms with Crippen molar-refractivity contribution in [2.24, 2.45) is 0 Å². The first kappa shape index (κ1) is 13.7. The summed E-state index contributed by atoms with van der Waals surface area (Å²) in [5, 5.41) is 20.3. The second-order valence-corrected chi connectivity index (χ2v) is 4.32. The third-order valence-electron chi connectivity index (χ3n) is 2.59. The lowest BCUT2D eigenvalue weighted by Crippen LogP contribution is -2.40. The molecule has 0 atom stereocenters. The first-order valence-electron chi connectivity index (χ1n) is 5.71. The highest BCUT2D eigenvalue weighted by Gasteiger charge is 2.12. The van der Waals surface area contributed by atoms with E-state index >= 15 is 0 Å². The zero-order valence-corrected chi connectivity index (χ0v) is 10.2. The Morgan fingerprint density at radius 3 is 2.47 bits per heavy atom. The smallest absolute Gasteiger partial charge is 0.251 e. The lowest BCUT2D eigenvalue weighted by atomic mass is 10.0. The predicted octanol–water partition coefficient (Wildman–Crippen LogP) is 0.893. The molecular weight excluding hydrogens is 218 g/mol. The van der Waals surface area contributed by atoms with Crippen LogP contribution >= 0.6 is 0 Å². The van der Waals surface area contributed by atoms with E-state index in [2.05, 4.69) is 19.2 Å². The van der Waals surface area contributed by atoms with Gasteiger partial charge in [-0.1, -0.05) is 26.0 Å². The molecule has 0 fully saturated rings. The summed E-state index contributed by atoms with van der Waals surface area (Å²) >= 11 is 0. The monoisotopic (exact) mass is 237 g/mol. The minimum absolute atomic E-state index is 0.272. The van der Waals surface area contributed by atoms with Gasteiger partial charge in [-0.3, -0.25) is 4.79 Å². The van der Waals surface area contributed by atoms with E-state index in [1.807, 2.05) is 18.2 Å². The van der Waals surface area contributed by atoms with Gasteiger partial charge in [0.15, 0.2) is 0 Å². The Labute approximate surface area is 101 Å². The first-order chi connectivity index (χ1) is 8.08. The van der Waals surface area contributed by atoms with Crippen LogP contribution in [-0.4, -0.2) is 35.4 Å². The summed E-state index contributed by atoms with van der Waals surface area (Å²) in [5.74, 6) is 0.0785. The topological polar surface area (TPSA) is 69.6 Å². The summed E-state index contributed by atoms with van der Waals surface area (Å²) in [7, 11) is 0. The lowest BCUT2D eigenvalue weighted by molar-refractivity contribution is 0.0879. The van der Waals surface area contributed by atoms with Crippen molar-refractivity contribution in [3.05, 3.63) is 35.4 Å². The fourth-order valence-corrected chi connectivity index (χ4v) is 1.46. The van der Waals surface area contributed by atoms with Gasteiger partial charge in [0.2, 0.25) is 0 Å². The molecule has 17 heavy (non-hydrogen) atoms. The van der Waals surface area contributed by atoms with E-state index in [1.165, 1.54) is 0 Å². The molecule has 1 aromatic carbocycles. The SMILES string of the molecule is CC(C)c1cccc(C(=O)NC(CO)CO)c1. The molecule has 4 heteroatoms. The van der Waals surface area contributed by atoms with Gasteiger partial charge in [0.25, 0.3) is 5.91 Å². The number of hydrogen-bond donors (Lipinski definition) is 3. The number of amides is 1. The molecule has 1 rings (SSSR count). The van der Waals surface area contributed by atoms with Crippen molar-refractivity contribution in [3.63, 3.8) is 0 Å². The Balaban J connectivity index is 2.78. The molecule has 94 valence electrons. The molecule has 0 bridgehead atoms. The van der Waals surface area contributed by atoms with Gasteiger partial charge < -0.3 is 15.5 Å². The van der Waals surface area contributed by atoms with Crippen LogP contribution in [0.3, 0.4) is 0 Å². The molecule has 0 aliphatic rings. The molecule has 0 aromatic heterocycles. The number of hydrogen-bond acceptors (Lipinski definition) is 3. The molecule has 0 saturated carbocycles. The fourth-order valence-electron chi connectivity index (χ4n) is 1.46. The van der Waals surface area contributed by atoms with E-state index < -0.39 is 6.04 Å². The third kappa shape index (κ3) is 3.84. The highest BCUT2D eigenvalue weighted by molar-refractivity contribution is 5.94. The van der Waals surface area contributed by atoms with Crippen LogP contribution in [0.5, 0.6) is 0 Å². The number of rotatable bonds is 5. The van der Waals surface area contributed by atoms with E-state index in [9.17, 15) is 4.79 Å². The van der Waals surface area contributed by atoms with Crippen LogP contribution < -0.4 is 5.32 Å². The van der Waals surface area contributed by atoms with E-state index in [0.717, 1.165) is 5.56 Å². The van der Waals surface area contributed by atoms with Gasteiger partial charge in [-0.25, -0.2) is 0 Å². The van der Waals surface area contributed by atoms with E-state index in [0.29, 0.717) is 11.5 Å². The number of carbonyl (C=O) groups excluding carboxylic acids is 1. The second kappa shape index (κ2) is 6.37. The number of benzene rings is 1. The molecule has 4 nitrogen and oxygen atoms in total. The molecule has 0 aliphatic heterocycles. The Morgan fingerprint density at radius 2 is 1.94 bits per heavy atom. The van der Waals surface area contributed by atoms with Crippen LogP contribution in [-0.2, 0) is 0 Å². The van der Waals surface area contributed by atoms with Crippen molar-refractivity contribution >= 4 is 5.91 Å². The Kier molecular flexibility index (Phi) is 5.12. The zero-order valence-electron chi connectivity index (χ0n) is 10.2. The second-order valence-electron chi connectivity index (χ2n) is 4.32. The molecule has 0 radical (unpaired) electrons. The fraction of sp³-hybridized carbons (Fsp3) is 0.462. The predicted molar refractivity (Wildman–Crippen MR) is 66.0 cm³/mol. The van der Waals surface area contributed by atoms with E-state index in [-0.39, 0.29) is 19.1 Å². The molecule has 3 N–H and O–H groups in total. The van der Waals surface area contributed by atoms with Crippen LogP contribution in [0, 0.1) is 0 Å². The van der Waals surface area contributed by atoms with Crippen LogP contribution in [0.2, 0.25) is 0 Å². The molecule has 0 spiro atoms. The highest BCUT2D eigenvalue weighted by atomic mass is 16.3. The van der Waals surface area contributed by atoms with Gasteiger partial charge in [0.1, 0.15) is 0 Å². The van der Waals surface area contributed by atoms with E-state index in [1.54, 1.807) is 6.07 Å². The molecule has 0 saturated heterocycles. The van der Waals surface area contributed by atoms with Crippen LogP contribution in [0.15, 0.2) is 24.3 Å². The van der Waals surface area contributed by atoms with Gasteiger partial charge in [-0.2, -0.15) is 0 Å². The summed E-state index contributed by atoms with van der Waals surface area (Å²) in [6.07, 6.45) is 0. The summed E-state index contributed by atoms with van der Waals surface area (Å²) in [4.78, 5) is 11.8. The Bertz CT molecular complexity index is 373. The molecule has 1 amide bonds. The van der Waals surface area contributed by atoms with Gasteiger partial charge in [-0.05, 0) is 23.6 Å². The molecule has 0 aliphatic carbocycles. The minimum atomic E-state index is -0.606. The van der Waals surface area contributed by atoms with Crippen molar-refractivity contribution in [1.29, 1.82) is 0 Å². The zero-order chi connectivity index (χ0) is 12.8. The third-order valence-corrected chi connectivity index (χ3v) is 2.59. The van der Waals surface area contributed by atoms with Gasteiger partial charge in [0, 0.05) is 5.56 Å². The van der Waals surface area contributed by atoms with Crippen molar-refractivity contribution in [3.8, 4) is 0 Å². The molecule has 0 heterocycles. The summed E-state index contributed by atoms with van der Waals surface area (Å²) < 4.78 is 0. The maximum atomic E-state index is 11.8. The van der Waals surface area contributed by atoms with E-state index in [4.69, 9.17) is 10.2 Å². The van der Waals surface area contributed by atoms with Crippen LogP contribution in [0.1, 0.15) is 35.7 Å². The molecular formula is C13H19NO3. The van der Waals surface area contributed by atoms with Gasteiger partial charge >= 0.3 is 0 Å². The quantitative estimate of drug-likeness (QED) is 0.712. The van der Waals surface area contributed by atoms with Crippen molar-refractivity contribution in [1.82, 2.24) is 5.32 Å². The normalized spacial score (nSPS) is 10.9. The van der Waals surface area contributed by atoms with Crippen molar-refractivity contribution in [2.75, 3.05) is 13.2 Å². The largest absolute Gasteiger partial charge is 0.394 e. The van der Waals surface area contributed by atoms with Crippen LogP contribution in [0.25, 0.3) is 0 Å². The maximum absolute atomic E-state index is 11.8. The molecule has 0 unspecified atom stereocenters. The minimum Gasteiger partial charge on any atom is -0.394 e. The van der Waals surface area contributed by atoms with Crippen molar-refractivity contribution < 1.29 is 15.0 Å². The van der Waals surface area contributed by atoms with Gasteiger partial charge in [0.05, 0.1) is 19.3 Å². The first-order valence-corrected chi connectivity index (χ1v) is 5.71. The highest BCUT2D eigenvalue weighted by Crippen LogP contribution is 2.15. The number of aliphatic hydroxyl groups excluding tert-OH is 2. The number of nitrogens with one attached hydrogen (secondary N) is 1. The number of aliphatic hydroxyl groups is 2. The lowest BCUT2D eigenvalue weighted by Gasteiger charge is -2.14. The number of carbonyl (C=O) groups is 1.